The number of aryl methyl sites for hydroxylation is 2. The number of H-pyrrole nitrogens is 1. The van der Waals surface area contributed by atoms with Gasteiger partial charge in [-0.05, 0) is 32.4 Å². The summed E-state index contributed by atoms with van der Waals surface area (Å²) in [7, 11) is 0. The average molecular weight is 230 g/mol. The molecule has 0 saturated carbocycles. The van der Waals surface area contributed by atoms with E-state index in [1.54, 1.807) is 6.20 Å². The van der Waals surface area contributed by atoms with Crippen LogP contribution in [0.4, 0.5) is 0 Å². The van der Waals surface area contributed by atoms with Gasteiger partial charge in [0.2, 0.25) is 0 Å². The number of aromatic nitrogens is 3. The van der Waals surface area contributed by atoms with Gasteiger partial charge in [0, 0.05) is 36.1 Å². The zero-order valence-electron chi connectivity index (χ0n) is 10.3. The Morgan fingerprint density at radius 3 is 2.94 bits per heavy atom. The molecule has 0 radical (unpaired) electrons. The van der Waals surface area contributed by atoms with Gasteiger partial charge in [-0.1, -0.05) is 0 Å². The number of pyridine rings is 1. The molecule has 0 bridgehead atoms. The average Bonchev–Trinajstić information content (AvgIpc) is 2.69. The lowest BCUT2D eigenvalue weighted by Crippen LogP contribution is -2.15. The van der Waals surface area contributed by atoms with E-state index < -0.39 is 0 Å². The maximum absolute atomic E-state index is 5.74. The number of hydrogen-bond donors (Lipinski definition) is 2. The van der Waals surface area contributed by atoms with Gasteiger partial charge in [0.05, 0.1) is 5.69 Å². The summed E-state index contributed by atoms with van der Waals surface area (Å²) in [5, 5.41) is 0. The van der Waals surface area contributed by atoms with Crippen molar-refractivity contribution in [2.75, 3.05) is 0 Å². The topological polar surface area (TPSA) is 67.6 Å². The molecule has 0 aliphatic carbocycles. The van der Waals surface area contributed by atoms with Crippen LogP contribution in [0, 0.1) is 6.92 Å². The summed E-state index contributed by atoms with van der Waals surface area (Å²) in [5.74, 6) is 0.999. The summed E-state index contributed by atoms with van der Waals surface area (Å²) in [6.07, 6.45) is 5.43. The molecule has 1 unspecified atom stereocenters. The van der Waals surface area contributed by atoms with E-state index in [4.69, 9.17) is 5.73 Å². The molecule has 0 spiro atoms. The minimum atomic E-state index is 0.210. The number of imidazole rings is 1. The van der Waals surface area contributed by atoms with Crippen LogP contribution >= 0.6 is 0 Å². The summed E-state index contributed by atoms with van der Waals surface area (Å²) in [4.78, 5) is 12.0. The molecule has 0 aliphatic rings. The van der Waals surface area contributed by atoms with Crippen LogP contribution in [-0.4, -0.2) is 21.0 Å². The zero-order chi connectivity index (χ0) is 12.3. The predicted octanol–water partition coefficient (Wildman–Crippen LogP) is 2.06. The molecule has 2 aromatic heterocycles. The van der Waals surface area contributed by atoms with E-state index >= 15 is 0 Å². The molecular formula is C13H18N4. The largest absolute Gasteiger partial charge is 0.346 e. The molecule has 4 nitrogen and oxygen atoms in total. The number of nitrogens with one attached hydrogen (secondary N) is 1. The van der Waals surface area contributed by atoms with Gasteiger partial charge in [0.15, 0.2) is 0 Å². The van der Waals surface area contributed by atoms with Crippen LogP contribution in [0.1, 0.15) is 24.9 Å². The third-order valence-electron chi connectivity index (χ3n) is 2.71. The predicted molar refractivity (Wildman–Crippen MR) is 68.5 cm³/mol. The molecule has 0 aliphatic heterocycles. The number of rotatable bonds is 4. The molecule has 4 heteroatoms. The van der Waals surface area contributed by atoms with Crippen molar-refractivity contribution in [1.29, 1.82) is 0 Å². The van der Waals surface area contributed by atoms with Crippen molar-refractivity contribution < 1.29 is 0 Å². The summed E-state index contributed by atoms with van der Waals surface area (Å²) < 4.78 is 0. The Balaban J connectivity index is 2.20. The standard InChI is InChI=1S/C13H18N4/c1-9(14)5-6-12-16-10(2)13(17-12)11-4-3-7-15-8-11/h3-4,7-9H,5-6,14H2,1-2H3,(H,16,17). The molecule has 0 aromatic carbocycles. The normalized spacial score (nSPS) is 12.6. The van der Waals surface area contributed by atoms with Crippen LogP contribution in [0.5, 0.6) is 0 Å². The second-order valence-corrected chi connectivity index (χ2v) is 4.41. The first-order valence-electron chi connectivity index (χ1n) is 5.88. The van der Waals surface area contributed by atoms with E-state index in [2.05, 4.69) is 15.0 Å². The Labute approximate surface area is 101 Å². The Bertz CT molecular complexity index is 473. The number of nitrogens with two attached hydrogens (primary N) is 1. The molecule has 2 rings (SSSR count). The van der Waals surface area contributed by atoms with Crippen molar-refractivity contribution in [2.24, 2.45) is 5.73 Å². The second-order valence-electron chi connectivity index (χ2n) is 4.41. The molecule has 3 N–H and O–H groups in total. The smallest absolute Gasteiger partial charge is 0.107 e. The maximum Gasteiger partial charge on any atom is 0.107 e. The van der Waals surface area contributed by atoms with Crippen LogP contribution in [0.3, 0.4) is 0 Å². The van der Waals surface area contributed by atoms with Gasteiger partial charge in [-0.2, -0.15) is 0 Å². The van der Waals surface area contributed by atoms with Gasteiger partial charge in [0.1, 0.15) is 5.82 Å². The quantitative estimate of drug-likeness (QED) is 0.844. The highest BCUT2D eigenvalue weighted by Crippen LogP contribution is 2.20. The Morgan fingerprint density at radius 2 is 2.29 bits per heavy atom. The Morgan fingerprint density at radius 1 is 1.47 bits per heavy atom. The van der Waals surface area contributed by atoms with Gasteiger partial charge in [0.25, 0.3) is 0 Å². The van der Waals surface area contributed by atoms with Crippen LogP contribution in [0.25, 0.3) is 11.3 Å². The molecule has 2 heterocycles. The van der Waals surface area contributed by atoms with E-state index in [1.165, 1.54) is 0 Å². The van der Waals surface area contributed by atoms with Crippen molar-refractivity contribution in [1.82, 2.24) is 15.0 Å². The van der Waals surface area contributed by atoms with Crippen LogP contribution in [0.15, 0.2) is 24.5 Å². The summed E-state index contributed by atoms with van der Waals surface area (Å²) in [6.45, 7) is 4.04. The van der Waals surface area contributed by atoms with Gasteiger partial charge >= 0.3 is 0 Å². The Kier molecular flexibility index (Phi) is 3.54. The van der Waals surface area contributed by atoms with E-state index in [9.17, 15) is 0 Å². The lowest BCUT2D eigenvalue weighted by atomic mass is 10.2. The van der Waals surface area contributed by atoms with Crippen LogP contribution in [0.2, 0.25) is 0 Å². The first-order valence-corrected chi connectivity index (χ1v) is 5.88. The van der Waals surface area contributed by atoms with Gasteiger partial charge in [-0.3, -0.25) is 4.98 Å². The van der Waals surface area contributed by atoms with Crippen LogP contribution < -0.4 is 5.73 Å². The molecule has 17 heavy (non-hydrogen) atoms. The highest BCUT2D eigenvalue weighted by Gasteiger charge is 2.09. The van der Waals surface area contributed by atoms with E-state index in [0.29, 0.717) is 0 Å². The van der Waals surface area contributed by atoms with Crippen LogP contribution in [-0.2, 0) is 6.42 Å². The molecule has 1 atom stereocenters. The maximum atomic E-state index is 5.74. The minimum absolute atomic E-state index is 0.210. The number of hydrogen-bond acceptors (Lipinski definition) is 3. The molecule has 0 fully saturated rings. The minimum Gasteiger partial charge on any atom is -0.346 e. The van der Waals surface area contributed by atoms with Crippen molar-refractivity contribution >= 4 is 0 Å². The number of nitrogens with zero attached hydrogens (tertiary/aromatic N) is 2. The van der Waals surface area contributed by atoms with E-state index in [1.807, 2.05) is 32.2 Å². The molecule has 90 valence electrons. The second kappa shape index (κ2) is 5.10. The molecule has 2 aromatic rings. The lowest BCUT2D eigenvalue weighted by Gasteiger charge is -2.01. The third kappa shape index (κ3) is 2.91. The highest BCUT2D eigenvalue weighted by atomic mass is 14.9. The summed E-state index contributed by atoms with van der Waals surface area (Å²) in [5.41, 5.74) is 8.86. The van der Waals surface area contributed by atoms with E-state index in [-0.39, 0.29) is 6.04 Å². The summed E-state index contributed by atoms with van der Waals surface area (Å²) >= 11 is 0. The molecule has 0 amide bonds. The van der Waals surface area contributed by atoms with E-state index in [0.717, 1.165) is 35.6 Å². The van der Waals surface area contributed by atoms with Gasteiger partial charge in [-0.15, -0.1) is 0 Å². The summed E-state index contributed by atoms with van der Waals surface area (Å²) in [6, 6.07) is 4.15. The van der Waals surface area contributed by atoms with Gasteiger partial charge < -0.3 is 10.7 Å². The fourth-order valence-electron chi connectivity index (χ4n) is 1.79. The lowest BCUT2D eigenvalue weighted by molar-refractivity contribution is 0.651. The monoisotopic (exact) mass is 230 g/mol. The van der Waals surface area contributed by atoms with Gasteiger partial charge in [-0.25, -0.2) is 4.98 Å². The van der Waals surface area contributed by atoms with Crippen molar-refractivity contribution in [2.45, 2.75) is 32.7 Å². The SMILES string of the molecule is Cc1[nH]c(CCC(C)N)nc1-c1cccnc1. The molecule has 0 saturated heterocycles. The number of aromatic amines is 1. The first kappa shape index (κ1) is 11.8. The Hall–Kier alpha value is -1.68. The highest BCUT2D eigenvalue weighted by molar-refractivity contribution is 5.60. The first-order chi connectivity index (χ1) is 8.16. The van der Waals surface area contributed by atoms with Crippen molar-refractivity contribution in [3.05, 3.63) is 36.0 Å². The fourth-order valence-corrected chi connectivity index (χ4v) is 1.79. The third-order valence-corrected chi connectivity index (χ3v) is 2.71. The molecular weight excluding hydrogens is 212 g/mol. The van der Waals surface area contributed by atoms with Crippen molar-refractivity contribution in [3.63, 3.8) is 0 Å². The van der Waals surface area contributed by atoms with Crippen molar-refractivity contribution in [3.8, 4) is 11.3 Å². The fraction of sp³-hybridized carbons (Fsp3) is 0.385. The zero-order valence-corrected chi connectivity index (χ0v) is 10.3.